The molecule has 2 atom stereocenters. The summed E-state index contributed by atoms with van der Waals surface area (Å²) in [6, 6.07) is 6.10. The second-order valence-corrected chi connectivity index (χ2v) is 8.66. The van der Waals surface area contributed by atoms with E-state index in [1.165, 1.54) is 0 Å². The number of aromatic nitrogens is 1. The van der Waals surface area contributed by atoms with Crippen LogP contribution in [-0.4, -0.2) is 42.1 Å². The summed E-state index contributed by atoms with van der Waals surface area (Å²) in [5.41, 5.74) is 1.64. The van der Waals surface area contributed by atoms with E-state index >= 15 is 0 Å². The molecule has 8 heteroatoms. The molecule has 0 fully saturated rings. The molecule has 3 rings (SSSR count). The zero-order valence-electron chi connectivity index (χ0n) is 16.7. The van der Waals surface area contributed by atoms with E-state index < -0.39 is 0 Å². The second kappa shape index (κ2) is 9.64. The third-order valence-electron chi connectivity index (χ3n) is 4.49. The average Bonchev–Trinajstić information content (AvgIpc) is 3.16. The molecular weight excluding hydrogens is 424 g/mol. The smallest absolute Gasteiger partial charge is 1.00 e. The summed E-state index contributed by atoms with van der Waals surface area (Å²) in [5, 5.41) is 0. The fourth-order valence-electron chi connectivity index (χ4n) is 2.59. The van der Waals surface area contributed by atoms with Gasteiger partial charge in [-0.2, -0.15) is 0 Å². The number of aliphatic imine (C=N–C) groups is 2. The van der Waals surface area contributed by atoms with Crippen LogP contribution in [0.25, 0.3) is 0 Å². The van der Waals surface area contributed by atoms with Crippen LogP contribution in [0.4, 0.5) is 0 Å². The van der Waals surface area contributed by atoms with Crippen molar-refractivity contribution in [3.63, 3.8) is 0 Å². The zero-order chi connectivity index (χ0) is 17.5. The number of nitrogens with zero attached hydrogens (tertiary/aromatic N) is 3. The summed E-state index contributed by atoms with van der Waals surface area (Å²) < 4.78 is 11.6. The molecule has 0 aromatic carbocycles. The van der Waals surface area contributed by atoms with Crippen LogP contribution in [-0.2, 0) is 28.0 Å². The number of halogens is 2. The largest absolute Gasteiger partial charge is 2.00 e. The Kier molecular flexibility index (Phi) is 9.38. The van der Waals surface area contributed by atoms with E-state index in [0.717, 1.165) is 11.4 Å². The Morgan fingerprint density at radius 3 is 1.44 bits per heavy atom. The van der Waals surface area contributed by atoms with E-state index in [0.29, 0.717) is 25.0 Å². The summed E-state index contributed by atoms with van der Waals surface area (Å²) in [7, 11) is 0. The SMILES string of the molecule is CC(C)(C)C1COC(c2cccc(C3=NC(C(C)(C)C)CO3)n2)=N1.[Cl-].[Cl-].[V+2]. The molecule has 2 unspecified atom stereocenters. The van der Waals surface area contributed by atoms with Gasteiger partial charge < -0.3 is 34.3 Å². The Morgan fingerprint density at radius 1 is 0.778 bits per heavy atom. The minimum atomic E-state index is 0. The predicted octanol–water partition coefficient (Wildman–Crippen LogP) is -2.53. The molecule has 5 nitrogen and oxygen atoms in total. The molecule has 1 aromatic heterocycles. The van der Waals surface area contributed by atoms with Gasteiger partial charge in [0.2, 0.25) is 11.8 Å². The van der Waals surface area contributed by atoms with Crippen molar-refractivity contribution in [2.24, 2.45) is 20.8 Å². The van der Waals surface area contributed by atoms with E-state index in [2.05, 4.69) is 46.5 Å². The quantitative estimate of drug-likeness (QED) is 0.499. The van der Waals surface area contributed by atoms with E-state index in [4.69, 9.17) is 19.5 Å². The maximum atomic E-state index is 5.78. The minimum Gasteiger partial charge on any atom is -1.00 e. The Morgan fingerprint density at radius 2 is 1.15 bits per heavy atom. The molecule has 3 heterocycles. The van der Waals surface area contributed by atoms with E-state index in [-0.39, 0.29) is 66.3 Å². The Balaban J connectivity index is 0.00000225. The Labute approximate surface area is 186 Å². The monoisotopic (exact) mass is 450 g/mol. The maximum absolute atomic E-state index is 5.78. The van der Waals surface area contributed by atoms with Crippen LogP contribution in [0.2, 0.25) is 0 Å². The number of hydrogen-bond acceptors (Lipinski definition) is 5. The first kappa shape index (κ1) is 26.3. The Hall–Kier alpha value is -0.746. The van der Waals surface area contributed by atoms with Gasteiger partial charge in [-0.3, -0.25) is 0 Å². The molecule has 2 aliphatic rings. The van der Waals surface area contributed by atoms with Crippen molar-refractivity contribution < 1.29 is 52.8 Å². The average molecular weight is 451 g/mol. The van der Waals surface area contributed by atoms with Gasteiger partial charge in [-0.25, -0.2) is 15.0 Å². The Bertz CT molecular complexity index is 642. The third kappa shape index (κ3) is 6.12. The molecule has 149 valence electrons. The number of rotatable bonds is 2. The fourth-order valence-corrected chi connectivity index (χ4v) is 2.59. The molecule has 1 aromatic rings. The van der Waals surface area contributed by atoms with Crippen molar-refractivity contribution in [2.45, 2.75) is 53.6 Å². The topological polar surface area (TPSA) is 56.1 Å². The van der Waals surface area contributed by atoms with Gasteiger partial charge in [0.25, 0.3) is 0 Å². The van der Waals surface area contributed by atoms with Gasteiger partial charge in [0, 0.05) is 0 Å². The molecule has 0 spiro atoms. The predicted molar refractivity (Wildman–Crippen MR) is 95.7 cm³/mol. The van der Waals surface area contributed by atoms with Crippen molar-refractivity contribution in [3.8, 4) is 0 Å². The molecule has 0 bridgehead atoms. The number of ether oxygens (including phenoxy) is 2. The van der Waals surface area contributed by atoms with Gasteiger partial charge in [-0.1, -0.05) is 47.6 Å². The normalized spacial score (nSPS) is 21.6. The first-order valence-electron chi connectivity index (χ1n) is 8.53. The van der Waals surface area contributed by atoms with Gasteiger partial charge in [0.05, 0.1) is 12.1 Å². The standard InChI is InChI=1S/C19H27N3O2.2ClH.V/c1-18(2,3)14-10-23-16(21-14)12-8-7-9-13(20-12)17-22-15(11-24-17)19(4,5)6;;;/h7-9,14-15H,10-11H2,1-6H3;2*1H;/q;;;+2/p-2. The van der Waals surface area contributed by atoms with Crippen LogP contribution >= 0.6 is 0 Å². The van der Waals surface area contributed by atoms with Gasteiger partial charge in [-0.05, 0) is 23.0 Å². The van der Waals surface area contributed by atoms with Crippen molar-refractivity contribution in [2.75, 3.05) is 13.2 Å². The second-order valence-electron chi connectivity index (χ2n) is 8.66. The maximum Gasteiger partial charge on any atom is 2.00 e. The summed E-state index contributed by atoms with van der Waals surface area (Å²) >= 11 is 0. The molecule has 2 aliphatic heterocycles. The molecular formula is C19H27Cl2N3O2V. The van der Waals surface area contributed by atoms with Gasteiger partial charge in [-0.15, -0.1) is 0 Å². The van der Waals surface area contributed by atoms with Crippen LogP contribution in [0.5, 0.6) is 0 Å². The molecule has 0 aliphatic carbocycles. The van der Waals surface area contributed by atoms with E-state index in [1.54, 1.807) is 0 Å². The molecule has 0 saturated carbocycles. The summed E-state index contributed by atoms with van der Waals surface area (Å²) in [4.78, 5) is 14.1. The minimum absolute atomic E-state index is 0. The molecule has 0 amide bonds. The van der Waals surface area contributed by atoms with Crippen LogP contribution < -0.4 is 24.8 Å². The summed E-state index contributed by atoms with van der Waals surface area (Å²) in [6.07, 6.45) is 0. The van der Waals surface area contributed by atoms with Gasteiger partial charge in [0.15, 0.2) is 0 Å². The van der Waals surface area contributed by atoms with Crippen molar-refractivity contribution >= 4 is 11.8 Å². The number of pyridine rings is 1. The third-order valence-corrected chi connectivity index (χ3v) is 4.49. The van der Waals surface area contributed by atoms with Crippen molar-refractivity contribution in [3.05, 3.63) is 29.6 Å². The molecule has 0 N–H and O–H groups in total. The van der Waals surface area contributed by atoms with E-state index in [9.17, 15) is 0 Å². The fraction of sp³-hybridized carbons (Fsp3) is 0.632. The molecule has 0 saturated heterocycles. The van der Waals surface area contributed by atoms with Gasteiger partial charge >= 0.3 is 18.6 Å². The first-order chi connectivity index (χ1) is 11.1. The summed E-state index contributed by atoms with van der Waals surface area (Å²) in [5.74, 6) is 1.23. The zero-order valence-corrected chi connectivity index (χ0v) is 19.6. The summed E-state index contributed by atoms with van der Waals surface area (Å²) in [6.45, 7) is 14.2. The van der Waals surface area contributed by atoms with Crippen molar-refractivity contribution in [1.29, 1.82) is 0 Å². The van der Waals surface area contributed by atoms with Gasteiger partial charge in [0.1, 0.15) is 24.6 Å². The molecule has 27 heavy (non-hydrogen) atoms. The van der Waals surface area contributed by atoms with Crippen LogP contribution in [0.15, 0.2) is 28.2 Å². The van der Waals surface area contributed by atoms with E-state index in [1.807, 2.05) is 18.2 Å². The number of hydrogen-bond donors (Lipinski definition) is 0. The van der Waals surface area contributed by atoms with Crippen LogP contribution in [0, 0.1) is 10.8 Å². The molecule has 1 radical (unpaired) electrons. The first-order valence-corrected chi connectivity index (χ1v) is 8.53. The van der Waals surface area contributed by atoms with Crippen LogP contribution in [0.3, 0.4) is 0 Å². The van der Waals surface area contributed by atoms with Crippen LogP contribution in [0.1, 0.15) is 52.9 Å². The van der Waals surface area contributed by atoms with Crippen molar-refractivity contribution in [1.82, 2.24) is 4.98 Å².